The first-order chi connectivity index (χ1) is 7.40. The van der Waals surface area contributed by atoms with Gasteiger partial charge in [-0.2, -0.15) is 0 Å². The van der Waals surface area contributed by atoms with Gasteiger partial charge in [0.15, 0.2) is 0 Å². The summed E-state index contributed by atoms with van der Waals surface area (Å²) >= 11 is 0. The van der Waals surface area contributed by atoms with E-state index in [1.54, 1.807) is 0 Å². The van der Waals surface area contributed by atoms with E-state index in [0.29, 0.717) is 0 Å². The van der Waals surface area contributed by atoms with Crippen molar-refractivity contribution >= 4 is 12.4 Å². The first-order valence-corrected chi connectivity index (χ1v) is 5.78. The van der Waals surface area contributed by atoms with Crippen LogP contribution < -0.4 is 5.32 Å². The molecule has 0 bridgehead atoms. The van der Waals surface area contributed by atoms with Crippen molar-refractivity contribution in [1.82, 2.24) is 5.32 Å². The van der Waals surface area contributed by atoms with Gasteiger partial charge in [0.05, 0.1) is 0 Å². The molecule has 0 spiro atoms. The van der Waals surface area contributed by atoms with Crippen LogP contribution in [0, 0.1) is 5.92 Å². The topological polar surface area (TPSA) is 55.4 Å². The lowest BCUT2D eigenvalue weighted by Gasteiger charge is -2.27. The van der Waals surface area contributed by atoms with Gasteiger partial charge in [0.25, 0.3) is 0 Å². The molecule has 0 aromatic rings. The molecular weight excluding hydrogens is 206 g/mol. The Bertz CT molecular complexity index is 249. The van der Waals surface area contributed by atoms with Crippen molar-refractivity contribution < 1.29 is 14.3 Å². The number of carbonyl (C=O) groups is 1. The second-order valence-electron chi connectivity index (χ2n) is 5.31. The lowest BCUT2D eigenvalue weighted by atomic mass is 9.87. The molecule has 1 aliphatic carbocycles. The van der Waals surface area contributed by atoms with Crippen LogP contribution in [-0.2, 0) is 9.53 Å². The van der Waals surface area contributed by atoms with E-state index >= 15 is 0 Å². The Hall–Kier alpha value is -1.06. The van der Waals surface area contributed by atoms with Crippen LogP contribution in [0.3, 0.4) is 0 Å². The zero-order valence-electron chi connectivity index (χ0n) is 10.2. The Morgan fingerprint density at radius 2 is 1.81 bits per heavy atom. The molecule has 4 nitrogen and oxygen atoms in total. The van der Waals surface area contributed by atoms with Gasteiger partial charge in [0.2, 0.25) is 6.29 Å². The van der Waals surface area contributed by atoms with Crippen LogP contribution in [0.4, 0.5) is 4.79 Å². The van der Waals surface area contributed by atoms with E-state index in [9.17, 15) is 9.59 Å². The molecule has 0 saturated heterocycles. The van der Waals surface area contributed by atoms with Gasteiger partial charge in [-0.05, 0) is 46.5 Å². The van der Waals surface area contributed by atoms with Gasteiger partial charge in [-0.25, -0.2) is 4.79 Å². The van der Waals surface area contributed by atoms with Crippen LogP contribution in [0.2, 0.25) is 0 Å². The smallest absolute Gasteiger partial charge is 0.407 e. The van der Waals surface area contributed by atoms with Crippen molar-refractivity contribution in [2.45, 2.75) is 58.1 Å². The van der Waals surface area contributed by atoms with Crippen LogP contribution in [-0.4, -0.2) is 24.0 Å². The molecule has 91 valence electrons. The molecule has 0 aromatic heterocycles. The predicted molar refractivity (Wildman–Crippen MR) is 60.8 cm³/mol. The second kappa shape index (κ2) is 5.32. The summed E-state index contributed by atoms with van der Waals surface area (Å²) in [4.78, 5) is 21.9. The average Bonchev–Trinajstić information content (AvgIpc) is 2.16. The summed E-state index contributed by atoms with van der Waals surface area (Å²) < 4.78 is 5.17. The summed E-state index contributed by atoms with van der Waals surface area (Å²) in [6.07, 6.45) is 4.94. The highest BCUT2D eigenvalue weighted by atomic mass is 16.6. The molecule has 1 amide bonds. The highest BCUT2D eigenvalue weighted by Crippen LogP contribution is 2.22. The predicted octanol–water partition coefficient (Wildman–Crippen LogP) is 2.18. The van der Waals surface area contributed by atoms with Crippen LogP contribution in [0.1, 0.15) is 46.5 Å². The van der Waals surface area contributed by atoms with Crippen LogP contribution in [0.15, 0.2) is 0 Å². The van der Waals surface area contributed by atoms with E-state index in [0.717, 1.165) is 25.7 Å². The fourth-order valence-electron chi connectivity index (χ4n) is 1.83. The van der Waals surface area contributed by atoms with Gasteiger partial charge in [0.1, 0.15) is 5.60 Å². The molecule has 1 N–H and O–H groups in total. The number of ether oxygens (including phenoxy) is 1. The first kappa shape index (κ1) is 13.0. The molecule has 1 rings (SSSR count). The van der Waals surface area contributed by atoms with Crippen LogP contribution in [0.5, 0.6) is 0 Å². The maximum atomic E-state index is 11.5. The van der Waals surface area contributed by atoms with Crippen molar-refractivity contribution in [1.29, 1.82) is 0 Å². The molecular formula is C12H20NO3. The number of carbonyl (C=O) groups excluding carboxylic acids is 2. The quantitative estimate of drug-likeness (QED) is 0.785. The highest BCUT2D eigenvalue weighted by molar-refractivity contribution is 5.68. The minimum atomic E-state index is -0.460. The number of nitrogens with one attached hydrogen (secondary N) is 1. The molecule has 0 heterocycles. The van der Waals surface area contributed by atoms with Gasteiger partial charge in [-0.15, -0.1) is 0 Å². The van der Waals surface area contributed by atoms with Crippen molar-refractivity contribution in [3.8, 4) is 0 Å². The van der Waals surface area contributed by atoms with Crippen molar-refractivity contribution in [3.05, 3.63) is 0 Å². The summed E-state index contributed by atoms with van der Waals surface area (Å²) in [5, 5.41) is 2.83. The van der Waals surface area contributed by atoms with Gasteiger partial charge < -0.3 is 10.1 Å². The van der Waals surface area contributed by atoms with Gasteiger partial charge in [-0.3, -0.25) is 4.79 Å². The molecule has 0 aliphatic heterocycles. The van der Waals surface area contributed by atoms with E-state index in [2.05, 4.69) is 5.32 Å². The maximum absolute atomic E-state index is 11.5. The highest BCUT2D eigenvalue weighted by Gasteiger charge is 2.24. The summed E-state index contributed by atoms with van der Waals surface area (Å²) in [6.45, 7) is 5.51. The van der Waals surface area contributed by atoms with E-state index in [-0.39, 0.29) is 18.1 Å². The van der Waals surface area contributed by atoms with Gasteiger partial charge >= 0.3 is 6.09 Å². The second-order valence-corrected chi connectivity index (χ2v) is 5.31. The van der Waals surface area contributed by atoms with Crippen molar-refractivity contribution in [3.63, 3.8) is 0 Å². The monoisotopic (exact) mass is 226 g/mol. The van der Waals surface area contributed by atoms with Crippen LogP contribution in [0.25, 0.3) is 0 Å². The van der Waals surface area contributed by atoms with Crippen molar-refractivity contribution in [2.75, 3.05) is 0 Å². The van der Waals surface area contributed by atoms with Gasteiger partial charge in [-0.1, -0.05) is 0 Å². The molecule has 1 fully saturated rings. The summed E-state index contributed by atoms with van der Waals surface area (Å²) in [7, 11) is 0. The Balaban J connectivity index is 2.28. The van der Waals surface area contributed by atoms with E-state index < -0.39 is 5.60 Å². The molecule has 0 atom stereocenters. The molecule has 4 heteroatoms. The Morgan fingerprint density at radius 1 is 1.25 bits per heavy atom. The minimum absolute atomic E-state index is 0.0525. The summed E-state index contributed by atoms with van der Waals surface area (Å²) in [5.74, 6) is 0.0525. The Kier molecular flexibility index (Phi) is 4.33. The Morgan fingerprint density at radius 3 is 2.25 bits per heavy atom. The third-order valence-corrected chi connectivity index (χ3v) is 2.61. The third kappa shape index (κ3) is 4.64. The minimum Gasteiger partial charge on any atom is -0.444 e. The third-order valence-electron chi connectivity index (χ3n) is 2.61. The lowest BCUT2D eigenvalue weighted by molar-refractivity contribution is 0.0491. The maximum Gasteiger partial charge on any atom is 0.407 e. The van der Waals surface area contributed by atoms with E-state index in [1.807, 2.05) is 27.1 Å². The fraction of sp³-hybridized carbons (Fsp3) is 0.833. The molecule has 0 unspecified atom stereocenters. The molecule has 16 heavy (non-hydrogen) atoms. The van der Waals surface area contributed by atoms with Gasteiger partial charge in [0, 0.05) is 12.0 Å². The normalized spacial score (nSPS) is 25.9. The lowest BCUT2D eigenvalue weighted by Crippen LogP contribution is -2.41. The summed E-state index contributed by atoms with van der Waals surface area (Å²) in [5.41, 5.74) is -0.460. The number of rotatable bonds is 2. The van der Waals surface area contributed by atoms with Crippen molar-refractivity contribution in [2.24, 2.45) is 5.92 Å². The summed E-state index contributed by atoms with van der Waals surface area (Å²) in [6, 6.07) is 0.138. The molecule has 1 radical (unpaired) electrons. The number of alkyl carbamates (subject to hydrolysis) is 1. The zero-order chi connectivity index (χ0) is 12.2. The number of hydrogen-bond acceptors (Lipinski definition) is 3. The number of amides is 1. The molecule has 1 aliphatic rings. The largest absolute Gasteiger partial charge is 0.444 e. The van der Waals surface area contributed by atoms with E-state index in [4.69, 9.17) is 4.74 Å². The SMILES string of the molecule is CC(C)(C)OC(=O)N[C@H]1CC[C@@H]([C]=O)CC1. The standard InChI is InChI=1S/C12H20NO3/c1-12(2,3)16-11(15)13-10-6-4-9(8-14)5-7-10/h9-10H,4-7H2,1-3H3,(H,13,15)/t9-,10+. The first-order valence-electron chi connectivity index (χ1n) is 5.78. The zero-order valence-corrected chi connectivity index (χ0v) is 10.2. The molecule has 1 saturated carbocycles. The van der Waals surface area contributed by atoms with E-state index in [1.165, 1.54) is 0 Å². The number of hydrogen-bond donors (Lipinski definition) is 1. The Labute approximate surface area is 96.7 Å². The molecule has 0 aromatic carbocycles. The average molecular weight is 226 g/mol. The fourth-order valence-corrected chi connectivity index (χ4v) is 1.83. The van der Waals surface area contributed by atoms with Crippen LogP contribution >= 0.6 is 0 Å².